The molecule has 7 nitrogen and oxygen atoms in total. The van der Waals surface area contributed by atoms with Gasteiger partial charge in [0.2, 0.25) is 0 Å². The van der Waals surface area contributed by atoms with Crippen LogP contribution in [-0.2, 0) is 11.3 Å². The minimum Gasteiger partial charge on any atom is -0.445 e. The molecule has 1 amide bonds. The number of nitrogens with one attached hydrogen (secondary N) is 1. The molecule has 1 fully saturated rings. The highest BCUT2D eigenvalue weighted by atomic mass is 16.6. The molecular formula is C14H19N3O4. The van der Waals surface area contributed by atoms with Crippen molar-refractivity contribution in [3.05, 3.63) is 39.9 Å². The Labute approximate surface area is 123 Å². The molecule has 2 atom stereocenters. The fraction of sp³-hybridized carbons (Fsp3) is 0.500. The number of hydrogen-bond acceptors (Lipinski definition) is 5. The lowest BCUT2D eigenvalue weighted by atomic mass is 10.1. The van der Waals surface area contributed by atoms with Crippen LogP contribution in [0.1, 0.15) is 19.4 Å². The van der Waals surface area contributed by atoms with Crippen LogP contribution < -0.4 is 5.32 Å². The number of benzene rings is 1. The summed E-state index contributed by atoms with van der Waals surface area (Å²) in [6, 6.07) is 6.32. The molecule has 7 heteroatoms. The van der Waals surface area contributed by atoms with Crippen molar-refractivity contribution < 1.29 is 14.5 Å². The monoisotopic (exact) mass is 293 g/mol. The lowest BCUT2D eigenvalue weighted by Gasteiger charge is -2.36. The first-order chi connectivity index (χ1) is 9.97. The summed E-state index contributed by atoms with van der Waals surface area (Å²) in [7, 11) is 0. The number of nitro groups is 1. The summed E-state index contributed by atoms with van der Waals surface area (Å²) >= 11 is 0. The van der Waals surface area contributed by atoms with Crippen LogP contribution in [0.15, 0.2) is 24.3 Å². The highest BCUT2D eigenvalue weighted by Gasteiger charge is 2.27. The third-order valence-electron chi connectivity index (χ3n) is 3.51. The largest absolute Gasteiger partial charge is 0.445 e. The second kappa shape index (κ2) is 6.53. The van der Waals surface area contributed by atoms with E-state index in [0.29, 0.717) is 6.54 Å². The van der Waals surface area contributed by atoms with Gasteiger partial charge in [0, 0.05) is 37.3 Å². The highest BCUT2D eigenvalue weighted by molar-refractivity contribution is 5.68. The standard InChI is InChI=1S/C14H19N3O4/c1-10-8-16(11(2)7-15-10)14(18)21-9-12-3-5-13(6-4-12)17(19)20/h3-6,10-11,15H,7-9H2,1-2H3. The molecule has 1 aliphatic rings. The molecule has 1 heterocycles. The van der Waals surface area contributed by atoms with Gasteiger partial charge in [-0.05, 0) is 31.5 Å². The summed E-state index contributed by atoms with van der Waals surface area (Å²) in [6.45, 7) is 5.45. The second-order valence-corrected chi connectivity index (χ2v) is 5.29. The summed E-state index contributed by atoms with van der Waals surface area (Å²) in [5.74, 6) is 0. The summed E-state index contributed by atoms with van der Waals surface area (Å²) in [6.07, 6.45) is -0.353. The Morgan fingerprint density at radius 2 is 2.10 bits per heavy atom. The zero-order valence-electron chi connectivity index (χ0n) is 12.1. The van der Waals surface area contributed by atoms with Gasteiger partial charge in [0.25, 0.3) is 5.69 Å². The van der Waals surface area contributed by atoms with Crippen LogP contribution in [0.2, 0.25) is 0 Å². The zero-order valence-corrected chi connectivity index (χ0v) is 12.1. The minimum atomic E-state index is -0.459. The Hall–Kier alpha value is -2.15. The van der Waals surface area contributed by atoms with Crippen LogP contribution >= 0.6 is 0 Å². The van der Waals surface area contributed by atoms with Crippen LogP contribution in [0.3, 0.4) is 0 Å². The molecule has 1 saturated heterocycles. The van der Waals surface area contributed by atoms with E-state index in [1.807, 2.05) is 13.8 Å². The SMILES string of the molecule is CC1CN(C(=O)OCc2ccc([N+](=O)[O-])cc2)C(C)CN1. The molecule has 21 heavy (non-hydrogen) atoms. The highest BCUT2D eigenvalue weighted by Crippen LogP contribution is 2.14. The lowest BCUT2D eigenvalue weighted by molar-refractivity contribution is -0.384. The molecule has 0 bridgehead atoms. The molecule has 1 aromatic carbocycles. The molecule has 0 aliphatic carbocycles. The number of rotatable bonds is 3. The normalized spacial score (nSPS) is 21.9. The van der Waals surface area contributed by atoms with Crippen LogP contribution in [0.5, 0.6) is 0 Å². The Balaban J connectivity index is 1.89. The molecule has 0 spiro atoms. The van der Waals surface area contributed by atoms with Gasteiger partial charge >= 0.3 is 6.09 Å². The van der Waals surface area contributed by atoms with Gasteiger partial charge in [0.1, 0.15) is 6.61 Å². The van der Waals surface area contributed by atoms with Crippen molar-refractivity contribution >= 4 is 11.8 Å². The number of nitrogens with zero attached hydrogens (tertiary/aromatic N) is 2. The molecule has 0 aromatic heterocycles. The van der Waals surface area contributed by atoms with Crippen molar-refractivity contribution in [3.8, 4) is 0 Å². The molecule has 0 radical (unpaired) electrons. The molecular weight excluding hydrogens is 274 g/mol. The number of nitro benzene ring substituents is 1. The Morgan fingerprint density at radius 1 is 1.43 bits per heavy atom. The average molecular weight is 293 g/mol. The van der Waals surface area contributed by atoms with E-state index in [0.717, 1.165) is 12.1 Å². The topological polar surface area (TPSA) is 84.7 Å². The predicted molar refractivity (Wildman–Crippen MR) is 76.9 cm³/mol. The third-order valence-corrected chi connectivity index (χ3v) is 3.51. The van der Waals surface area contributed by atoms with E-state index in [-0.39, 0.29) is 30.5 Å². The number of ether oxygens (including phenoxy) is 1. The number of piperazine rings is 1. The molecule has 1 N–H and O–H groups in total. The maximum absolute atomic E-state index is 12.1. The van der Waals surface area contributed by atoms with E-state index in [4.69, 9.17) is 4.74 Å². The van der Waals surface area contributed by atoms with Crippen molar-refractivity contribution in [1.29, 1.82) is 0 Å². The van der Waals surface area contributed by atoms with Gasteiger partial charge in [-0.3, -0.25) is 10.1 Å². The van der Waals surface area contributed by atoms with Gasteiger partial charge in [-0.1, -0.05) is 0 Å². The number of hydrogen-bond donors (Lipinski definition) is 1. The van der Waals surface area contributed by atoms with Crippen molar-refractivity contribution in [3.63, 3.8) is 0 Å². The van der Waals surface area contributed by atoms with E-state index in [2.05, 4.69) is 5.32 Å². The second-order valence-electron chi connectivity index (χ2n) is 5.29. The summed E-state index contributed by atoms with van der Waals surface area (Å²) in [5, 5.41) is 13.9. The molecule has 1 aromatic rings. The fourth-order valence-electron chi connectivity index (χ4n) is 2.22. The maximum atomic E-state index is 12.1. The molecule has 114 valence electrons. The van der Waals surface area contributed by atoms with Crippen molar-refractivity contribution in [2.75, 3.05) is 13.1 Å². The van der Waals surface area contributed by atoms with Crippen LogP contribution in [0, 0.1) is 10.1 Å². The smallest absolute Gasteiger partial charge is 0.410 e. The predicted octanol–water partition coefficient (Wildman–Crippen LogP) is 1.91. The molecule has 2 rings (SSSR count). The molecule has 0 saturated carbocycles. The van der Waals surface area contributed by atoms with Crippen LogP contribution in [0.25, 0.3) is 0 Å². The van der Waals surface area contributed by atoms with Crippen LogP contribution in [0.4, 0.5) is 10.5 Å². The minimum absolute atomic E-state index is 0.0228. The zero-order chi connectivity index (χ0) is 15.4. The van der Waals surface area contributed by atoms with Gasteiger partial charge in [-0.2, -0.15) is 0 Å². The Bertz CT molecular complexity index is 517. The van der Waals surface area contributed by atoms with Gasteiger partial charge in [-0.15, -0.1) is 0 Å². The first-order valence-electron chi connectivity index (χ1n) is 6.87. The van der Waals surface area contributed by atoms with E-state index < -0.39 is 4.92 Å². The average Bonchev–Trinajstić information content (AvgIpc) is 2.47. The maximum Gasteiger partial charge on any atom is 0.410 e. The third kappa shape index (κ3) is 3.91. The summed E-state index contributed by atoms with van der Waals surface area (Å²) < 4.78 is 5.28. The summed E-state index contributed by atoms with van der Waals surface area (Å²) in [4.78, 5) is 23.9. The van der Waals surface area contributed by atoms with Gasteiger partial charge in [0.15, 0.2) is 0 Å². The summed E-state index contributed by atoms with van der Waals surface area (Å²) in [5.41, 5.74) is 0.749. The lowest BCUT2D eigenvalue weighted by Crippen LogP contribution is -2.56. The number of non-ortho nitro benzene ring substituents is 1. The Kier molecular flexibility index (Phi) is 4.74. The van der Waals surface area contributed by atoms with Gasteiger partial charge in [-0.25, -0.2) is 4.79 Å². The van der Waals surface area contributed by atoms with E-state index in [1.54, 1.807) is 17.0 Å². The van der Waals surface area contributed by atoms with E-state index in [9.17, 15) is 14.9 Å². The fourth-order valence-corrected chi connectivity index (χ4v) is 2.22. The van der Waals surface area contributed by atoms with Crippen molar-refractivity contribution in [1.82, 2.24) is 10.2 Å². The van der Waals surface area contributed by atoms with Gasteiger partial charge in [0.05, 0.1) is 4.92 Å². The molecule has 1 aliphatic heterocycles. The number of carbonyl (C=O) groups excluding carboxylic acids is 1. The van der Waals surface area contributed by atoms with Crippen molar-refractivity contribution in [2.45, 2.75) is 32.5 Å². The number of amides is 1. The Morgan fingerprint density at radius 3 is 2.71 bits per heavy atom. The first-order valence-corrected chi connectivity index (χ1v) is 6.87. The van der Waals surface area contributed by atoms with E-state index >= 15 is 0 Å². The van der Waals surface area contributed by atoms with E-state index in [1.165, 1.54) is 12.1 Å². The molecule has 2 unspecified atom stereocenters. The van der Waals surface area contributed by atoms with Crippen molar-refractivity contribution in [2.24, 2.45) is 0 Å². The first kappa shape index (κ1) is 15.2. The van der Waals surface area contributed by atoms with Crippen LogP contribution in [-0.4, -0.2) is 41.1 Å². The number of carbonyl (C=O) groups is 1. The van der Waals surface area contributed by atoms with Gasteiger partial charge < -0.3 is 15.0 Å². The quantitative estimate of drug-likeness (QED) is 0.679.